The minimum Gasteiger partial charge on any atom is -0.326 e. The van der Waals surface area contributed by atoms with Crippen LogP contribution in [-0.4, -0.2) is 26.5 Å². The molecule has 0 heterocycles. The second kappa shape index (κ2) is 8.80. The van der Waals surface area contributed by atoms with Crippen molar-refractivity contribution in [1.29, 1.82) is 0 Å². The average molecular weight is 433 g/mol. The lowest BCUT2D eigenvalue weighted by atomic mass is 10.1. The van der Waals surface area contributed by atoms with E-state index in [0.29, 0.717) is 17.8 Å². The van der Waals surface area contributed by atoms with Gasteiger partial charge >= 0.3 is 0 Å². The smallest absolute Gasteiger partial charge is 0.255 e. The van der Waals surface area contributed by atoms with E-state index in [1.165, 1.54) is 24.3 Å². The summed E-state index contributed by atoms with van der Waals surface area (Å²) < 4.78 is 23.3. The summed E-state index contributed by atoms with van der Waals surface area (Å²) in [6.45, 7) is 0. The first-order chi connectivity index (χ1) is 13.7. The maximum absolute atomic E-state index is 12.5. The zero-order chi connectivity index (χ0) is 21.0. The Bertz CT molecular complexity index is 1080. The quantitative estimate of drug-likeness (QED) is 0.666. The van der Waals surface area contributed by atoms with Gasteiger partial charge in [-0.3, -0.25) is 9.59 Å². The molecule has 0 aliphatic heterocycles. The largest absolute Gasteiger partial charge is 0.326 e. The fraction of sp³-hybridized carbons (Fsp3) is 0.238. The fourth-order valence-electron chi connectivity index (χ4n) is 3.07. The van der Waals surface area contributed by atoms with Crippen molar-refractivity contribution in [3.8, 4) is 0 Å². The van der Waals surface area contributed by atoms with Gasteiger partial charge in [0, 0.05) is 23.9 Å². The highest BCUT2D eigenvalue weighted by Gasteiger charge is 2.16. The number of sulfone groups is 1. The normalized spacial score (nSPS) is 15.9. The molecule has 2 N–H and O–H groups in total. The Morgan fingerprint density at radius 2 is 1.93 bits per heavy atom. The molecule has 0 saturated carbocycles. The predicted molar refractivity (Wildman–Crippen MR) is 114 cm³/mol. The molecule has 0 fully saturated rings. The number of rotatable bonds is 6. The molecule has 2 aromatic carbocycles. The van der Waals surface area contributed by atoms with Crippen LogP contribution in [0.5, 0.6) is 0 Å². The molecular weight excluding hydrogens is 412 g/mol. The van der Waals surface area contributed by atoms with E-state index in [-0.39, 0.29) is 27.3 Å². The van der Waals surface area contributed by atoms with Gasteiger partial charge in [-0.25, -0.2) is 8.42 Å². The molecule has 1 aliphatic rings. The molecule has 0 radical (unpaired) electrons. The molecule has 2 aromatic rings. The maximum atomic E-state index is 12.5. The molecule has 152 valence electrons. The van der Waals surface area contributed by atoms with Crippen LogP contribution >= 0.6 is 11.6 Å². The number of nitrogens with one attached hydrogen (secondary N) is 2. The number of carbonyl (C=O) groups is 2. The van der Waals surface area contributed by atoms with Crippen LogP contribution in [0.4, 0.5) is 11.4 Å². The van der Waals surface area contributed by atoms with E-state index in [9.17, 15) is 18.0 Å². The SMILES string of the molecule is CS(=O)(=O)c1cccc(C(=O)Nc2ccc(NC(=O)C[C@@H]3C=CCC3)cc2Cl)c1. The van der Waals surface area contributed by atoms with Crippen molar-refractivity contribution in [2.24, 2.45) is 5.92 Å². The molecule has 0 aromatic heterocycles. The van der Waals surface area contributed by atoms with E-state index in [1.54, 1.807) is 18.2 Å². The van der Waals surface area contributed by atoms with E-state index in [2.05, 4.69) is 22.8 Å². The van der Waals surface area contributed by atoms with Gasteiger partial charge in [-0.2, -0.15) is 0 Å². The number of benzene rings is 2. The van der Waals surface area contributed by atoms with Gasteiger partial charge in [0.1, 0.15) is 0 Å². The topological polar surface area (TPSA) is 92.3 Å². The van der Waals surface area contributed by atoms with Crippen molar-refractivity contribution in [1.82, 2.24) is 0 Å². The minimum atomic E-state index is -3.42. The first-order valence-electron chi connectivity index (χ1n) is 9.10. The van der Waals surface area contributed by atoms with Crippen molar-refractivity contribution in [2.45, 2.75) is 24.2 Å². The first kappa shape index (κ1) is 21.1. The lowest BCUT2D eigenvalue weighted by Gasteiger charge is -2.12. The summed E-state index contributed by atoms with van der Waals surface area (Å²) in [4.78, 5) is 24.7. The molecular formula is C21H21ClN2O4S. The van der Waals surface area contributed by atoms with E-state index >= 15 is 0 Å². The number of hydrogen-bond donors (Lipinski definition) is 2. The fourth-order valence-corrected chi connectivity index (χ4v) is 3.97. The molecule has 6 nitrogen and oxygen atoms in total. The number of halogens is 1. The van der Waals surface area contributed by atoms with Crippen LogP contribution in [0.2, 0.25) is 5.02 Å². The number of hydrogen-bond acceptors (Lipinski definition) is 4. The summed E-state index contributed by atoms with van der Waals surface area (Å²) in [6, 6.07) is 10.6. The molecule has 1 atom stereocenters. The molecule has 29 heavy (non-hydrogen) atoms. The van der Waals surface area contributed by atoms with Crippen LogP contribution in [0.3, 0.4) is 0 Å². The van der Waals surface area contributed by atoms with Crippen LogP contribution in [0.15, 0.2) is 59.5 Å². The van der Waals surface area contributed by atoms with Gasteiger partial charge in [0.2, 0.25) is 5.91 Å². The average Bonchev–Trinajstić information content (AvgIpc) is 3.16. The van der Waals surface area contributed by atoms with E-state index in [0.717, 1.165) is 19.1 Å². The first-order valence-corrected chi connectivity index (χ1v) is 11.4. The second-order valence-corrected chi connectivity index (χ2v) is 9.39. The van der Waals surface area contributed by atoms with Crippen LogP contribution < -0.4 is 10.6 Å². The third-order valence-corrected chi connectivity index (χ3v) is 6.01. The lowest BCUT2D eigenvalue weighted by molar-refractivity contribution is -0.116. The van der Waals surface area contributed by atoms with Crippen molar-refractivity contribution < 1.29 is 18.0 Å². The van der Waals surface area contributed by atoms with Crippen LogP contribution in [0.1, 0.15) is 29.6 Å². The van der Waals surface area contributed by atoms with Gasteiger partial charge in [-0.1, -0.05) is 29.8 Å². The van der Waals surface area contributed by atoms with Crippen molar-refractivity contribution in [2.75, 3.05) is 16.9 Å². The summed E-state index contributed by atoms with van der Waals surface area (Å²) in [5, 5.41) is 5.73. The summed E-state index contributed by atoms with van der Waals surface area (Å²) in [5.41, 5.74) is 1.10. The Morgan fingerprint density at radius 3 is 2.59 bits per heavy atom. The number of amides is 2. The van der Waals surface area contributed by atoms with Gasteiger partial charge in [0.05, 0.1) is 15.6 Å². The van der Waals surface area contributed by atoms with Crippen LogP contribution in [0, 0.1) is 5.92 Å². The summed E-state index contributed by atoms with van der Waals surface area (Å²) in [6.07, 6.45) is 7.63. The van der Waals surface area contributed by atoms with Gasteiger partial charge in [0.15, 0.2) is 9.84 Å². The summed E-state index contributed by atoms with van der Waals surface area (Å²) in [7, 11) is -3.42. The summed E-state index contributed by atoms with van der Waals surface area (Å²) in [5.74, 6) is -0.305. The highest BCUT2D eigenvalue weighted by molar-refractivity contribution is 7.90. The zero-order valence-corrected chi connectivity index (χ0v) is 17.4. The van der Waals surface area contributed by atoms with Crippen molar-refractivity contribution in [3.63, 3.8) is 0 Å². The van der Waals surface area contributed by atoms with Gasteiger partial charge in [-0.05, 0) is 55.2 Å². The molecule has 2 amide bonds. The molecule has 1 aliphatic carbocycles. The molecule has 0 bridgehead atoms. The predicted octanol–water partition coefficient (Wildman–Crippen LogP) is 4.29. The standard InChI is InChI=1S/C21H21ClN2O4S/c1-29(27,28)17-8-4-7-15(12-17)21(26)24-19-10-9-16(13-18(19)22)23-20(25)11-14-5-2-3-6-14/h2,4-5,7-10,12-14H,3,6,11H2,1H3,(H,23,25)(H,24,26)/t14-/m1/s1. The lowest BCUT2D eigenvalue weighted by Crippen LogP contribution is -2.15. The highest BCUT2D eigenvalue weighted by atomic mass is 35.5. The monoisotopic (exact) mass is 432 g/mol. The zero-order valence-electron chi connectivity index (χ0n) is 15.8. The Kier molecular flexibility index (Phi) is 6.39. The Balaban J connectivity index is 1.66. The van der Waals surface area contributed by atoms with Crippen LogP contribution in [-0.2, 0) is 14.6 Å². The van der Waals surface area contributed by atoms with Crippen molar-refractivity contribution in [3.05, 3.63) is 65.2 Å². The Hall–Kier alpha value is -2.64. The van der Waals surface area contributed by atoms with E-state index in [4.69, 9.17) is 11.6 Å². The van der Waals surface area contributed by atoms with Gasteiger partial charge < -0.3 is 10.6 Å². The van der Waals surface area contributed by atoms with Gasteiger partial charge in [0.25, 0.3) is 5.91 Å². The third-order valence-electron chi connectivity index (χ3n) is 4.59. The Morgan fingerprint density at radius 1 is 1.14 bits per heavy atom. The highest BCUT2D eigenvalue weighted by Crippen LogP contribution is 2.27. The van der Waals surface area contributed by atoms with E-state index in [1.807, 2.05) is 0 Å². The number of anilines is 2. The van der Waals surface area contributed by atoms with E-state index < -0.39 is 15.7 Å². The Labute approximate surface area is 174 Å². The molecule has 8 heteroatoms. The maximum Gasteiger partial charge on any atom is 0.255 e. The number of carbonyl (C=O) groups excluding carboxylic acids is 2. The third kappa shape index (κ3) is 5.68. The molecule has 0 unspecified atom stereocenters. The molecule has 0 spiro atoms. The van der Waals surface area contributed by atoms with Crippen LogP contribution in [0.25, 0.3) is 0 Å². The molecule has 3 rings (SSSR count). The summed E-state index contributed by atoms with van der Waals surface area (Å²) >= 11 is 6.25. The minimum absolute atomic E-state index is 0.0615. The van der Waals surface area contributed by atoms with Gasteiger partial charge in [-0.15, -0.1) is 0 Å². The number of allylic oxidation sites excluding steroid dienone is 2. The molecule has 0 saturated heterocycles. The van der Waals surface area contributed by atoms with Crippen molar-refractivity contribution >= 4 is 44.6 Å². The second-order valence-electron chi connectivity index (χ2n) is 6.97.